The first-order valence-corrected chi connectivity index (χ1v) is 6.25. The van der Waals surface area contributed by atoms with Gasteiger partial charge in [-0.2, -0.15) is 11.8 Å². The molecule has 1 amide bonds. The van der Waals surface area contributed by atoms with E-state index in [1.54, 1.807) is 16.7 Å². The molecule has 1 aromatic rings. The maximum absolute atomic E-state index is 11.6. The Bertz CT molecular complexity index is 300. The summed E-state index contributed by atoms with van der Waals surface area (Å²) in [7, 11) is 1.85. The number of rotatable bonds is 5. The van der Waals surface area contributed by atoms with Crippen LogP contribution in [0.4, 0.5) is 0 Å². The third-order valence-electron chi connectivity index (χ3n) is 2.12. The van der Waals surface area contributed by atoms with E-state index in [1.165, 1.54) is 5.56 Å². The lowest BCUT2D eigenvalue weighted by molar-refractivity contribution is -0.127. The van der Waals surface area contributed by atoms with Crippen molar-refractivity contribution in [1.82, 2.24) is 4.90 Å². The van der Waals surface area contributed by atoms with Gasteiger partial charge in [0.05, 0.1) is 5.75 Å². The molecule has 1 aromatic carbocycles. The molecule has 0 spiro atoms. The minimum Gasteiger partial charge on any atom is -0.341 e. The topological polar surface area (TPSA) is 20.3 Å². The van der Waals surface area contributed by atoms with E-state index >= 15 is 0 Å². The third kappa shape index (κ3) is 4.38. The number of carbonyl (C=O) groups is 1. The standard InChI is InChI=1S/C12H17NOS/c1-3-15-10-12(14)13(2)9-11-7-5-4-6-8-11/h4-8H,3,9-10H2,1-2H3. The van der Waals surface area contributed by atoms with E-state index in [0.29, 0.717) is 12.3 Å². The van der Waals surface area contributed by atoms with Gasteiger partial charge in [0, 0.05) is 13.6 Å². The van der Waals surface area contributed by atoms with Crippen LogP contribution in [0.1, 0.15) is 12.5 Å². The molecular weight excluding hydrogens is 206 g/mol. The predicted octanol–water partition coefficient (Wildman–Crippen LogP) is 2.40. The van der Waals surface area contributed by atoms with Gasteiger partial charge in [0.1, 0.15) is 0 Å². The average Bonchev–Trinajstić information content (AvgIpc) is 2.27. The summed E-state index contributed by atoms with van der Waals surface area (Å²) in [5.74, 6) is 1.77. The second kappa shape index (κ2) is 6.51. The first-order valence-electron chi connectivity index (χ1n) is 5.09. The molecule has 2 nitrogen and oxygen atoms in total. The smallest absolute Gasteiger partial charge is 0.232 e. The second-order valence-corrected chi connectivity index (χ2v) is 4.65. The summed E-state index contributed by atoms with van der Waals surface area (Å²) in [6, 6.07) is 10.1. The zero-order chi connectivity index (χ0) is 11.1. The van der Waals surface area contributed by atoms with Crippen LogP contribution >= 0.6 is 11.8 Å². The molecule has 0 fully saturated rings. The van der Waals surface area contributed by atoms with Crippen LogP contribution in [0.2, 0.25) is 0 Å². The van der Waals surface area contributed by atoms with Gasteiger partial charge in [-0.25, -0.2) is 0 Å². The van der Waals surface area contributed by atoms with E-state index in [4.69, 9.17) is 0 Å². The molecule has 0 atom stereocenters. The van der Waals surface area contributed by atoms with Crippen LogP contribution < -0.4 is 0 Å². The van der Waals surface area contributed by atoms with Gasteiger partial charge in [0.15, 0.2) is 0 Å². The molecule has 0 aromatic heterocycles. The van der Waals surface area contributed by atoms with Gasteiger partial charge < -0.3 is 4.90 Å². The van der Waals surface area contributed by atoms with Crippen LogP contribution in [-0.4, -0.2) is 29.4 Å². The Balaban J connectivity index is 2.41. The number of nitrogens with zero attached hydrogens (tertiary/aromatic N) is 1. The normalized spacial score (nSPS) is 10.0. The molecule has 82 valence electrons. The molecule has 0 saturated heterocycles. The Morgan fingerprint density at radius 2 is 2.00 bits per heavy atom. The Hall–Kier alpha value is -0.960. The van der Waals surface area contributed by atoms with Crippen LogP contribution in [0.5, 0.6) is 0 Å². The van der Waals surface area contributed by atoms with E-state index in [0.717, 1.165) is 5.75 Å². The molecule has 0 bridgehead atoms. The molecule has 0 N–H and O–H groups in total. The highest BCUT2D eigenvalue weighted by Crippen LogP contribution is 2.05. The zero-order valence-corrected chi connectivity index (χ0v) is 10.1. The highest BCUT2D eigenvalue weighted by Gasteiger charge is 2.07. The molecular formula is C12H17NOS. The Morgan fingerprint density at radius 3 is 2.60 bits per heavy atom. The van der Waals surface area contributed by atoms with Gasteiger partial charge in [-0.05, 0) is 11.3 Å². The summed E-state index contributed by atoms with van der Waals surface area (Å²) in [6.07, 6.45) is 0. The number of carbonyl (C=O) groups excluding carboxylic acids is 1. The Morgan fingerprint density at radius 1 is 1.33 bits per heavy atom. The van der Waals surface area contributed by atoms with Crippen molar-refractivity contribution >= 4 is 17.7 Å². The van der Waals surface area contributed by atoms with Crippen LogP contribution in [0.3, 0.4) is 0 Å². The fourth-order valence-electron chi connectivity index (χ4n) is 1.25. The van der Waals surface area contributed by atoms with Crippen molar-refractivity contribution in [2.45, 2.75) is 13.5 Å². The van der Waals surface area contributed by atoms with Crippen LogP contribution in [0.15, 0.2) is 30.3 Å². The van der Waals surface area contributed by atoms with Gasteiger partial charge in [0.25, 0.3) is 0 Å². The van der Waals surface area contributed by atoms with E-state index < -0.39 is 0 Å². The van der Waals surface area contributed by atoms with Crippen molar-refractivity contribution in [2.75, 3.05) is 18.6 Å². The number of hydrogen-bond acceptors (Lipinski definition) is 2. The summed E-state index contributed by atoms with van der Waals surface area (Å²) in [6.45, 7) is 2.76. The van der Waals surface area contributed by atoms with E-state index in [1.807, 2.05) is 37.4 Å². The first-order chi connectivity index (χ1) is 7.24. The number of hydrogen-bond donors (Lipinski definition) is 0. The van der Waals surface area contributed by atoms with Crippen molar-refractivity contribution in [3.63, 3.8) is 0 Å². The molecule has 1 rings (SSSR count). The zero-order valence-electron chi connectivity index (χ0n) is 9.27. The molecule has 0 aliphatic carbocycles. The SMILES string of the molecule is CCSCC(=O)N(C)Cc1ccccc1. The maximum Gasteiger partial charge on any atom is 0.232 e. The van der Waals surface area contributed by atoms with Gasteiger partial charge in [-0.15, -0.1) is 0 Å². The predicted molar refractivity (Wildman–Crippen MR) is 65.9 cm³/mol. The van der Waals surface area contributed by atoms with Crippen molar-refractivity contribution in [1.29, 1.82) is 0 Å². The highest BCUT2D eigenvalue weighted by atomic mass is 32.2. The highest BCUT2D eigenvalue weighted by molar-refractivity contribution is 7.99. The molecule has 0 unspecified atom stereocenters. The maximum atomic E-state index is 11.6. The number of benzene rings is 1. The van der Waals surface area contributed by atoms with Gasteiger partial charge >= 0.3 is 0 Å². The van der Waals surface area contributed by atoms with Crippen molar-refractivity contribution in [3.05, 3.63) is 35.9 Å². The monoisotopic (exact) mass is 223 g/mol. The van der Waals surface area contributed by atoms with Crippen LogP contribution in [0.25, 0.3) is 0 Å². The Kier molecular flexibility index (Phi) is 5.26. The first kappa shape index (κ1) is 12.1. The molecule has 0 heterocycles. The summed E-state index contributed by atoms with van der Waals surface area (Å²) in [5.41, 5.74) is 1.18. The second-order valence-electron chi connectivity index (χ2n) is 3.37. The summed E-state index contributed by atoms with van der Waals surface area (Å²) in [4.78, 5) is 13.4. The summed E-state index contributed by atoms with van der Waals surface area (Å²) >= 11 is 1.66. The molecule has 0 saturated carbocycles. The quantitative estimate of drug-likeness (QED) is 0.764. The molecule has 0 radical (unpaired) electrons. The van der Waals surface area contributed by atoms with E-state index in [9.17, 15) is 4.79 Å². The largest absolute Gasteiger partial charge is 0.341 e. The van der Waals surface area contributed by atoms with E-state index in [2.05, 4.69) is 6.92 Å². The average molecular weight is 223 g/mol. The van der Waals surface area contributed by atoms with Gasteiger partial charge in [0.2, 0.25) is 5.91 Å². The lowest BCUT2D eigenvalue weighted by Gasteiger charge is -2.16. The third-order valence-corrected chi connectivity index (χ3v) is 2.98. The van der Waals surface area contributed by atoms with Crippen LogP contribution in [-0.2, 0) is 11.3 Å². The number of thioether (sulfide) groups is 1. The fourth-order valence-corrected chi connectivity index (χ4v) is 1.84. The van der Waals surface area contributed by atoms with Crippen molar-refractivity contribution < 1.29 is 4.79 Å². The minimum atomic E-state index is 0.200. The van der Waals surface area contributed by atoms with E-state index in [-0.39, 0.29) is 5.91 Å². The fraction of sp³-hybridized carbons (Fsp3) is 0.417. The summed E-state index contributed by atoms with van der Waals surface area (Å²) < 4.78 is 0. The van der Waals surface area contributed by atoms with Gasteiger partial charge in [-0.1, -0.05) is 37.3 Å². The molecule has 3 heteroatoms. The summed E-state index contributed by atoms with van der Waals surface area (Å²) in [5, 5.41) is 0. The Labute approximate surface area is 95.7 Å². The van der Waals surface area contributed by atoms with Crippen molar-refractivity contribution in [3.8, 4) is 0 Å². The lowest BCUT2D eigenvalue weighted by Crippen LogP contribution is -2.27. The number of amides is 1. The van der Waals surface area contributed by atoms with Crippen LogP contribution in [0, 0.1) is 0 Å². The van der Waals surface area contributed by atoms with Crippen molar-refractivity contribution in [2.24, 2.45) is 0 Å². The lowest BCUT2D eigenvalue weighted by atomic mass is 10.2. The van der Waals surface area contributed by atoms with Gasteiger partial charge in [-0.3, -0.25) is 4.79 Å². The molecule has 0 aliphatic rings. The molecule has 15 heavy (non-hydrogen) atoms. The minimum absolute atomic E-state index is 0.200. The molecule has 0 aliphatic heterocycles.